The van der Waals surface area contributed by atoms with E-state index in [4.69, 9.17) is 4.42 Å². The molecule has 3 heteroatoms. The van der Waals surface area contributed by atoms with Gasteiger partial charge in [0.05, 0.1) is 0 Å². The smallest absolute Gasteiger partial charge is 0.136 e. The van der Waals surface area contributed by atoms with Crippen molar-refractivity contribution in [3.05, 3.63) is 164 Å². The first-order valence-corrected chi connectivity index (χ1v) is 16.0. The van der Waals surface area contributed by atoms with Crippen molar-refractivity contribution < 1.29 is 4.42 Å². The molecule has 0 aliphatic carbocycles. The number of thiophene rings is 1. The van der Waals surface area contributed by atoms with Gasteiger partial charge < -0.3 is 9.32 Å². The van der Waals surface area contributed by atoms with Gasteiger partial charge in [-0.1, -0.05) is 91.0 Å². The number of hydrogen-bond acceptors (Lipinski definition) is 3. The Morgan fingerprint density at radius 1 is 0.356 bits per heavy atom. The quantitative estimate of drug-likeness (QED) is 0.197. The van der Waals surface area contributed by atoms with Crippen LogP contribution in [0.4, 0.5) is 17.1 Å². The summed E-state index contributed by atoms with van der Waals surface area (Å²) >= 11 is 1.85. The Morgan fingerprint density at radius 2 is 0.956 bits per heavy atom. The second-order valence-electron chi connectivity index (χ2n) is 11.4. The number of rotatable bonds is 5. The highest BCUT2D eigenvalue weighted by Gasteiger charge is 2.16. The van der Waals surface area contributed by atoms with E-state index >= 15 is 0 Å². The minimum atomic E-state index is 0.919. The fourth-order valence-electron chi connectivity index (χ4n) is 6.47. The maximum Gasteiger partial charge on any atom is 0.136 e. The first-order chi connectivity index (χ1) is 22.3. The number of para-hydroxylation sites is 2. The normalized spacial score (nSPS) is 11.6. The van der Waals surface area contributed by atoms with Gasteiger partial charge in [0.15, 0.2) is 0 Å². The average molecular weight is 594 g/mol. The van der Waals surface area contributed by atoms with E-state index in [1.165, 1.54) is 36.9 Å². The number of furan rings is 1. The predicted octanol–water partition coefficient (Wildman–Crippen LogP) is 12.8. The van der Waals surface area contributed by atoms with Crippen LogP contribution in [0.3, 0.4) is 0 Å². The Bertz CT molecular complexity index is 2490. The third-order valence-corrected chi connectivity index (χ3v) is 9.80. The van der Waals surface area contributed by atoms with Gasteiger partial charge in [0.1, 0.15) is 11.2 Å². The molecule has 0 N–H and O–H groups in total. The van der Waals surface area contributed by atoms with Crippen LogP contribution >= 0.6 is 11.3 Å². The molecule has 7 aromatic carbocycles. The summed E-state index contributed by atoms with van der Waals surface area (Å²) in [6.45, 7) is 0. The molecule has 0 bridgehead atoms. The Balaban J connectivity index is 1.18. The van der Waals surface area contributed by atoms with Gasteiger partial charge in [0, 0.05) is 48.0 Å². The van der Waals surface area contributed by atoms with Gasteiger partial charge >= 0.3 is 0 Å². The second kappa shape index (κ2) is 10.5. The number of hydrogen-bond donors (Lipinski definition) is 0. The molecule has 0 spiro atoms. The van der Waals surface area contributed by atoms with Crippen molar-refractivity contribution in [1.29, 1.82) is 0 Å². The maximum atomic E-state index is 6.22. The van der Waals surface area contributed by atoms with E-state index < -0.39 is 0 Å². The van der Waals surface area contributed by atoms with E-state index in [1.54, 1.807) is 0 Å². The molecule has 0 saturated carbocycles. The summed E-state index contributed by atoms with van der Waals surface area (Å²) in [5.41, 5.74) is 9.97. The molecule has 0 aliphatic rings. The highest BCUT2D eigenvalue weighted by atomic mass is 32.1. The topological polar surface area (TPSA) is 16.4 Å². The zero-order valence-electron chi connectivity index (χ0n) is 24.4. The minimum absolute atomic E-state index is 0.919. The molecule has 2 nitrogen and oxygen atoms in total. The van der Waals surface area contributed by atoms with E-state index in [0.29, 0.717) is 0 Å². The maximum absolute atomic E-state index is 6.22. The van der Waals surface area contributed by atoms with E-state index in [0.717, 1.165) is 44.6 Å². The molecular formula is C42H27NOS. The standard InChI is InChI=1S/C42H27NOS/c1-3-10-28(11-4-1)29-12-9-15-33(24-29)43(32-13-5-2-6-14-32)34-20-23-42-38(27-34)37-25-30(19-22-41(37)45-42)31-18-21-36-35-16-7-8-17-39(35)44-40(36)26-31/h1-27H. The van der Waals surface area contributed by atoms with Crippen LogP contribution in [0.25, 0.3) is 64.4 Å². The summed E-state index contributed by atoms with van der Waals surface area (Å²) in [6.07, 6.45) is 0. The van der Waals surface area contributed by atoms with Crippen LogP contribution < -0.4 is 4.90 Å². The highest BCUT2D eigenvalue weighted by molar-refractivity contribution is 7.25. The molecule has 0 saturated heterocycles. The molecular weight excluding hydrogens is 567 g/mol. The van der Waals surface area contributed by atoms with Crippen LogP contribution in [0.1, 0.15) is 0 Å². The van der Waals surface area contributed by atoms with Gasteiger partial charge in [-0.3, -0.25) is 0 Å². The van der Waals surface area contributed by atoms with Gasteiger partial charge in [0.25, 0.3) is 0 Å². The van der Waals surface area contributed by atoms with Crippen molar-refractivity contribution in [3.8, 4) is 22.3 Å². The van der Waals surface area contributed by atoms with Crippen LogP contribution in [0.2, 0.25) is 0 Å². The van der Waals surface area contributed by atoms with Gasteiger partial charge in [-0.25, -0.2) is 0 Å². The molecule has 0 atom stereocenters. The molecule has 0 fully saturated rings. The van der Waals surface area contributed by atoms with Crippen LogP contribution in [0, 0.1) is 0 Å². The summed E-state index contributed by atoms with van der Waals surface area (Å²) in [7, 11) is 0. The molecule has 2 aromatic heterocycles. The lowest BCUT2D eigenvalue weighted by molar-refractivity contribution is 0.669. The van der Waals surface area contributed by atoms with Gasteiger partial charge in [-0.15, -0.1) is 11.3 Å². The minimum Gasteiger partial charge on any atom is -0.456 e. The fourth-order valence-corrected chi connectivity index (χ4v) is 7.54. The molecule has 0 amide bonds. The molecule has 9 aromatic rings. The number of anilines is 3. The van der Waals surface area contributed by atoms with Gasteiger partial charge in [-0.05, 0) is 95.1 Å². The van der Waals surface area contributed by atoms with Crippen LogP contribution in [0.5, 0.6) is 0 Å². The van der Waals surface area contributed by atoms with Gasteiger partial charge in [-0.2, -0.15) is 0 Å². The summed E-state index contributed by atoms with van der Waals surface area (Å²) in [4.78, 5) is 2.36. The molecule has 0 radical (unpaired) electrons. The van der Waals surface area contributed by atoms with E-state index in [9.17, 15) is 0 Å². The zero-order chi connectivity index (χ0) is 29.7. The van der Waals surface area contributed by atoms with E-state index in [-0.39, 0.29) is 0 Å². The summed E-state index contributed by atoms with van der Waals surface area (Å²) in [5.74, 6) is 0. The van der Waals surface area contributed by atoms with Crippen LogP contribution in [0.15, 0.2) is 168 Å². The van der Waals surface area contributed by atoms with Crippen molar-refractivity contribution in [2.45, 2.75) is 0 Å². The molecule has 0 aliphatic heterocycles. The Morgan fingerprint density at radius 3 is 1.82 bits per heavy atom. The van der Waals surface area contributed by atoms with E-state index in [2.05, 4.69) is 157 Å². The Kier molecular flexibility index (Phi) is 6.03. The predicted molar refractivity (Wildman–Crippen MR) is 192 cm³/mol. The van der Waals surface area contributed by atoms with Crippen molar-refractivity contribution in [2.75, 3.05) is 4.90 Å². The summed E-state index contributed by atoms with van der Waals surface area (Å²) in [5, 5.41) is 4.84. The summed E-state index contributed by atoms with van der Waals surface area (Å²) in [6, 6.07) is 58.5. The molecule has 2 heterocycles. The third-order valence-electron chi connectivity index (χ3n) is 8.65. The largest absolute Gasteiger partial charge is 0.456 e. The third kappa shape index (κ3) is 4.48. The fraction of sp³-hybridized carbons (Fsp3) is 0. The van der Waals surface area contributed by atoms with Crippen LogP contribution in [-0.4, -0.2) is 0 Å². The Labute approximate surface area is 265 Å². The zero-order valence-corrected chi connectivity index (χ0v) is 25.2. The van der Waals surface area contributed by atoms with Crippen molar-refractivity contribution in [1.82, 2.24) is 0 Å². The molecule has 212 valence electrons. The lowest BCUT2D eigenvalue weighted by Crippen LogP contribution is -2.09. The van der Waals surface area contributed by atoms with Crippen LogP contribution in [-0.2, 0) is 0 Å². The van der Waals surface area contributed by atoms with Crippen molar-refractivity contribution >= 4 is 70.5 Å². The van der Waals surface area contributed by atoms with Gasteiger partial charge in [0.2, 0.25) is 0 Å². The average Bonchev–Trinajstić information content (AvgIpc) is 3.66. The summed E-state index contributed by atoms with van der Waals surface area (Å²) < 4.78 is 8.78. The SMILES string of the molecule is c1ccc(-c2cccc(N(c3ccccc3)c3ccc4sc5ccc(-c6ccc7c(c6)oc6ccccc67)cc5c4c3)c2)cc1. The first kappa shape index (κ1) is 25.8. The van der Waals surface area contributed by atoms with Crippen molar-refractivity contribution in [2.24, 2.45) is 0 Å². The lowest BCUT2D eigenvalue weighted by atomic mass is 10.0. The molecule has 0 unspecified atom stereocenters. The Hall–Kier alpha value is -5.64. The number of fused-ring (bicyclic) bond motifs is 6. The molecule has 9 rings (SSSR count). The lowest BCUT2D eigenvalue weighted by Gasteiger charge is -2.26. The number of nitrogens with zero attached hydrogens (tertiary/aromatic N) is 1. The highest BCUT2D eigenvalue weighted by Crippen LogP contribution is 2.42. The monoisotopic (exact) mass is 593 g/mol. The first-order valence-electron chi connectivity index (χ1n) is 15.2. The second-order valence-corrected chi connectivity index (χ2v) is 12.5. The van der Waals surface area contributed by atoms with Crippen molar-refractivity contribution in [3.63, 3.8) is 0 Å². The van der Waals surface area contributed by atoms with E-state index in [1.807, 2.05) is 23.5 Å². The number of benzene rings is 7. The molecule has 45 heavy (non-hydrogen) atoms.